The Kier molecular flexibility index (Phi) is 2.22. The van der Waals surface area contributed by atoms with Crippen molar-refractivity contribution in [1.82, 2.24) is 9.21 Å². The molecule has 0 aliphatic carbocycles. The third-order valence-corrected chi connectivity index (χ3v) is 3.72. The van der Waals surface area contributed by atoms with Crippen molar-refractivity contribution >= 4 is 10.0 Å². The van der Waals surface area contributed by atoms with Crippen molar-refractivity contribution in [3.8, 4) is 0 Å². The fourth-order valence-corrected chi connectivity index (χ4v) is 3.01. The molecule has 1 rings (SSSR count). The van der Waals surface area contributed by atoms with Crippen LogP contribution in [0.1, 0.15) is 13.8 Å². The largest absolute Gasteiger partial charge is 0.278 e. The molecule has 0 atom stereocenters. The Labute approximate surface area is 67.8 Å². The second-order valence-electron chi connectivity index (χ2n) is 3.22. The Bertz CT molecular complexity index is 235. The number of hydrogen-bond donors (Lipinski definition) is 0. The maximum absolute atomic E-state index is 11.3. The van der Waals surface area contributed by atoms with Gasteiger partial charge in [-0.05, 0) is 20.9 Å². The van der Waals surface area contributed by atoms with E-state index < -0.39 is 10.0 Å². The Morgan fingerprint density at radius 3 is 2.09 bits per heavy atom. The quantitative estimate of drug-likeness (QED) is 0.562. The van der Waals surface area contributed by atoms with Crippen molar-refractivity contribution in [3.05, 3.63) is 0 Å². The van der Waals surface area contributed by atoms with Crippen LogP contribution in [0.15, 0.2) is 0 Å². The first-order valence-electron chi connectivity index (χ1n) is 3.61. The lowest BCUT2D eigenvalue weighted by Crippen LogP contribution is -2.33. The standard InChI is InChI=1S/C6H14N2O2S/c1-6(2)8-4-7(3)5-11(8,9)10/h6H,4-5H2,1-3H3. The molecule has 1 aliphatic rings. The minimum atomic E-state index is -2.98. The smallest absolute Gasteiger partial charge is 0.228 e. The molecule has 0 aromatic rings. The van der Waals surface area contributed by atoms with Crippen LogP contribution in [0, 0.1) is 0 Å². The molecule has 0 aromatic carbocycles. The van der Waals surface area contributed by atoms with Crippen molar-refractivity contribution in [3.63, 3.8) is 0 Å². The van der Waals surface area contributed by atoms with Crippen LogP contribution in [0.5, 0.6) is 0 Å². The van der Waals surface area contributed by atoms with Crippen molar-refractivity contribution in [2.24, 2.45) is 0 Å². The molecular weight excluding hydrogens is 164 g/mol. The highest BCUT2D eigenvalue weighted by molar-refractivity contribution is 7.89. The van der Waals surface area contributed by atoms with Crippen LogP contribution in [0.25, 0.3) is 0 Å². The zero-order valence-corrected chi connectivity index (χ0v) is 7.93. The molecule has 66 valence electrons. The van der Waals surface area contributed by atoms with Gasteiger partial charge in [0.2, 0.25) is 10.0 Å². The number of nitrogens with zero attached hydrogens (tertiary/aromatic N) is 2. The summed E-state index contributed by atoms with van der Waals surface area (Å²) in [7, 11) is -1.17. The van der Waals surface area contributed by atoms with E-state index in [4.69, 9.17) is 0 Å². The molecular formula is C6H14N2O2S. The van der Waals surface area contributed by atoms with Gasteiger partial charge in [-0.2, -0.15) is 4.31 Å². The second-order valence-corrected chi connectivity index (χ2v) is 5.11. The average molecular weight is 178 g/mol. The lowest BCUT2D eigenvalue weighted by molar-refractivity contribution is 0.273. The van der Waals surface area contributed by atoms with Crippen LogP contribution >= 0.6 is 0 Å². The maximum atomic E-state index is 11.3. The van der Waals surface area contributed by atoms with Gasteiger partial charge >= 0.3 is 0 Å². The van der Waals surface area contributed by atoms with Gasteiger partial charge < -0.3 is 0 Å². The molecule has 0 saturated carbocycles. The molecule has 1 aliphatic heterocycles. The lowest BCUT2D eigenvalue weighted by atomic mass is 10.4. The van der Waals surface area contributed by atoms with E-state index in [1.165, 1.54) is 4.31 Å². The van der Waals surface area contributed by atoms with Gasteiger partial charge in [0.15, 0.2) is 0 Å². The summed E-state index contributed by atoms with van der Waals surface area (Å²) in [5, 5.41) is 0. The topological polar surface area (TPSA) is 40.6 Å². The van der Waals surface area contributed by atoms with E-state index >= 15 is 0 Å². The molecule has 0 bridgehead atoms. The van der Waals surface area contributed by atoms with E-state index in [0.717, 1.165) is 0 Å². The summed E-state index contributed by atoms with van der Waals surface area (Å²) in [5.74, 6) is 0.158. The number of hydrogen-bond acceptors (Lipinski definition) is 3. The van der Waals surface area contributed by atoms with Crippen LogP contribution < -0.4 is 0 Å². The second kappa shape index (κ2) is 2.73. The van der Waals surface area contributed by atoms with E-state index in [1.54, 1.807) is 11.9 Å². The minimum Gasteiger partial charge on any atom is -0.278 e. The van der Waals surface area contributed by atoms with Crippen molar-refractivity contribution in [2.75, 3.05) is 19.6 Å². The SMILES string of the molecule is CC(C)N1CN(C)CS1(=O)=O. The van der Waals surface area contributed by atoms with E-state index in [1.807, 2.05) is 13.8 Å². The molecule has 0 spiro atoms. The highest BCUT2D eigenvalue weighted by atomic mass is 32.2. The predicted molar refractivity (Wildman–Crippen MR) is 43.4 cm³/mol. The Morgan fingerprint density at radius 2 is 1.91 bits per heavy atom. The van der Waals surface area contributed by atoms with E-state index in [9.17, 15) is 8.42 Å². The van der Waals surface area contributed by atoms with E-state index in [-0.39, 0.29) is 11.9 Å². The summed E-state index contributed by atoms with van der Waals surface area (Å²) < 4.78 is 24.1. The van der Waals surface area contributed by atoms with Gasteiger partial charge in [-0.25, -0.2) is 8.42 Å². The van der Waals surface area contributed by atoms with Gasteiger partial charge in [0.25, 0.3) is 0 Å². The Balaban J connectivity index is 2.83. The highest BCUT2D eigenvalue weighted by Crippen LogP contribution is 2.15. The fraction of sp³-hybridized carbons (Fsp3) is 1.00. The number of sulfonamides is 1. The fourth-order valence-electron chi connectivity index (χ4n) is 1.20. The third-order valence-electron chi connectivity index (χ3n) is 1.70. The van der Waals surface area contributed by atoms with Crippen LogP contribution in [0.2, 0.25) is 0 Å². The average Bonchev–Trinajstić information content (AvgIpc) is 2.04. The van der Waals surface area contributed by atoms with Gasteiger partial charge in [0, 0.05) is 6.04 Å². The minimum absolute atomic E-state index is 0.0740. The zero-order chi connectivity index (χ0) is 8.65. The molecule has 0 radical (unpaired) electrons. The monoisotopic (exact) mass is 178 g/mol. The first-order chi connectivity index (χ1) is 4.93. The van der Waals surface area contributed by atoms with Gasteiger partial charge in [-0.15, -0.1) is 0 Å². The molecule has 0 unspecified atom stereocenters. The Hall–Kier alpha value is -0.130. The summed E-state index contributed by atoms with van der Waals surface area (Å²) in [6.45, 7) is 4.30. The predicted octanol–water partition coefficient (Wildman–Crippen LogP) is -0.113. The van der Waals surface area contributed by atoms with Crippen LogP contribution in [0.3, 0.4) is 0 Å². The van der Waals surface area contributed by atoms with Gasteiger partial charge in [0.1, 0.15) is 5.88 Å². The van der Waals surface area contributed by atoms with Gasteiger partial charge in [-0.1, -0.05) is 0 Å². The van der Waals surface area contributed by atoms with Crippen molar-refractivity contribution < 1.29 is 8.42 Å². The van der Waals surface area contributed by atoms with E-state index in [0.29, 0.717) is 6.67 Å². The molecule has 0 aromatic heterocycles. The first kappa shape index (κ1) is 8.96. The summed E-state index contributed by atoms with van der Waals surface area (Å²) in [6, 6.07) is 0.0740. The molecule has 5 heteroatoms. The summed E-state index contributed by atoms with van der Waals surface area (Å²) in [6.07, 6.45) is 0. The summed E-state index contributed by atoms with van der Waals surface area (Å²) in [4.78, 5) is 1.79. The lowest BCUT2D eigenvalue weighted by Gasteiger charge is -2.17. The zero-order valence-electron chi connectivity index (χ0n) is 7.11. The van der Waals surface area contributed by atoms with E-state index in [2.05, 4.69) is 0 Å². The van der Waals surface area contributed by atoms with Crippen LogP contribution in [-0.2, 0) is 10.0 Å². The first-order valence-corrected chi connectivity index (χ1v) is 5.22. The molecule has 1 fully saturated rings. The van der Waals surface area contributed by atoms with Crippen molar-refractivity contribution in [1.29, 1.82) is 0 Å². The summed E-state index contributed by atoms with van der Waals surface area (Å²) in [5.41, 5.74) is 0. The molecule has 0 N–H and O–H groups in total. The Morgan fingerprint density at radius 1 is 1.36 bits per heavy atom. The maximum Gasteiger partial charge on any atom is 0.228 e. The normalized spacial score (nSPS) is 26.5. The molecule has 0 amide bonds. The number of rotatable bonds is 1. The molecule has 1 saturated heterocycles. The van der Waals surface area contributed by atoms with Gasteiger partial charge in [0.05, 0.1) is 6.67 Å². The van der Waals surface area contributed by atoms with Crippen molar-refractivity contribution in [2.45, 2.75) is 19.9 Å². The molecule has 11 heavy (non-hydrogen) atoms. The summed E-state index contributed by atoms with van der Waals surface area (Å²) >= 11 is 0. The third kappa shape index (κ3) is 1.72. The highest BCUT2D eigenvalue weighted by Gasteiger charge is 2.33. The van der Waals surface area contributed by atoms with Gasteiger partial charge in [-0.3, -0.25) is 4.90 Å². The van der Waals surface area contributed by atoms with Crippen LogP contribution in [-0.4, -0.2) is 43.3 Å². The molecule has 4 nitrogen and oxygen atoms in total. The van der Waals surface area contributed by atoms with Crippen LogP contribution in [0.4, 0.5) is 0 Å². The molecule has 1 heterocycles.